The smallest absolute Gasteiger partial charge is 0.265 e. The van der Waals surface area contributed by atoms with Gasteiger partial charge in [-0.05, 0) is 31.9 Å². The highest BCUT2D eigenvalue weighted by molar-refractivity contribution is 6.04. The lowest BCUT2D eigenvalue weighted by molar-refractivity contribution is -0.122. The maximum absolute atomic E-state index is 13.1. The second kappa shape index (κ2) is 5.87. The number of nitrogens with one attached hydrogen (secondary N) is 1. The Hall–Kier alpha value is -2.90. The van der Waals surface area contributed by atoms with Crippen molar-refractivity contribution in [3.63, 3.8) is 0 Å². The van der Waals surface area contributed by atoms with Crippen LogP contribution in [0.5, 0.6) is 5.75 Å². The van der Waals surface area contributed by atoms with E-state index in [0.29, 0.717) is 35.3 Å². The molecular weight excluding hydrogens is 324 g/mol. The van der Waals surface area contributed by atoms with Gasteiger partial charge in [0.25, 0.3) is 11.8 Å². The van der Waals surface area contributed by atoms with Crippen molar-refractivity contribution in [1.82, 2.24) is 15.0 Å². The van der Waals surface area contributed by atoms with Crippen LogP contribution >= 0.6 is 0 Å². The van der Waals surface area contributed by atoms with Crippen molar-refractivity contribution in [3.8, 4) is 5.75 Å². The van der Waals surface area contributed by atoms with Gasteiger partial charge in [0.2, 0.25) is 5.89 Å². The van der Waals surface area contributed by atoms with E-state index in [1.807, 2.05) is 0 Å². The van der Waals surface area contributed by atoms with E-state index in [2.05, 4.69) is 15.5 Å². The van der Waals surface area contributed by atoms with E-state index in [1.54, 1.807) is 36.9 Å². The Morgan fingerprint density at radius 3 is 3.00 bits per heavy atom. The summed E-state index contributed by atoms with van der Waals surface area (Å²) in [6.07, 6.45) is 1.01. The minimum Gasteiger partial charge on any atom is -0.478 e. The number of ether oxygens (including phenoxy) is 1. The van der Waals surface area contributed by atoms with E-state index >= 15 is 0 Å². The third kappa shape index (κ3) is 2.63. The lowest BCUT2D eigenvalue weighted by atomic mass is 10.1. The number of nitrogens with zero attached hydrogens (tertiary/aromatic N) is 3. The number of aromatic nitrogens is 2. The third-order valence-electron chi connectivity index (χ3n) is 4.52. The number of para-hydroxylation sites is 1. The van der Waals surface area contributed by atoms with Gasteiger partial charge in [-0.3, -0.25) is 9.59 Å². The Bertz CT molecular complexity index is 847. The van der Waals surface area contributed by atoms with Crippen LogP contribution in [0, 0.1) is 6.92 Å². The largest absolute Gasteiger partial charge is 0.478 e. The number of likely N-dealkylation sites (tertiary alicyclic amines) is 1. The Morgan fingerprint density at radius 2 is 2.24 bits per heavy atom. The molecule has 4 rings (SSSR count). The summed E-state index contributed by atoms with van der Waals surface area (Å²) in [6, 6.07) is 4.95. The van der Waals surface area contributed by atoms with Crippen LogP contribution in [0.15, 0.2) is 22.7 Å². The minimum atomic E-state index is -0.643. The molecule has 0 bridgehead atoms. The van der Waals surface area contributed by atoms with Gasteiger partial charge in [0.15, 0.2) is 17.7 Å². The molecule has 25 heavy (non-hydrogen) atoms. The van der Waals surface area contributed by atoms with Crippen LogP contribution in [0.1, 0.15) is 47.9 Å². The lowest BCUT2D eigenvalue weighted by Crippen LogP contribution is -2.37. The highest BCUT2D eigenvalue weighted by Gasteiger charge is 2.36. The quantitative estimate of drug-likeness (QED) is 0.897. The second-order valence-electron chi connectivity index (χ2n) is 6.26. The molecule has 1 aromatic carbocycles. The van der Waals surface area contributed by atoms with E-state index in [4.69, 9.17) is 9.26 Å². The standard InChI is InChI=1S/C17H18N4O4/c1-9-16(22)19-12-6-3-5-11(14(12)24-9)17(23)21-8-4-7-13(21)15-18-10(2)25-20-15/h3,5-6,9,13H,4,7-8H2,1-2H3,(H,19,22). The molecule has 2 amide bonds. The molecule has 1 aromatic heterocycles. The van der Waals surface area contributed by atoms with E-state index in [-0.39, 0.29) is 17.9 Å². The molecule has 8 nitrogen and oxygen atoms in total. The molecule has 1 saturated heterocycles. The fourth-order valence-corrected chi connectivity index (χ4v) is 3.28. The molecule has 0 radical (unpaired) electrons. The molecule has 2 aromatic rings. The first-order chi connectivity index (χ1) is 12.0. The first-order valence-electron chi connectivity index (χ1n) is 8.26. The zero-order valence-corrected chi connectivity index (χ0v) is 14.0. The number of amides is 2. The zero-order valence-electron chi connectivity index (χ0n) is 14.0. The van der Waals surface area contributed by atoms with Gasteiger partial charge >= 0.3 is 0 Å². The molecule has 2 atom stereocenters. The van der Waals surface area contributed by atoms with Crippen molar-refractivity contribution in [2.24, 2.45) is 0 Å². The maximum Gasteiger partial charge on any atom is 0.265 e. The number of rotatable bonds is 2. The van der Waals surface area contributed by atoms with Crippen LogP contribution in [-0.2, 0) is 4.79 Å². The lowest BCUT2D eigenvalue weighted by Gasteiger charge is -2.28. The SMILES string of the molecule is Cc1nc(C2CCCN2C(=O)c2cccc3c2OC(C)C(=O)N3)no1. The normalized spacial score (nSPS) is 22.3. The highest BCUT2D eigenvalue weighted by Crippen LogP contribution is 2.37. The van der Waals surface area contributed by atoms with E-state index in [0.717, 1.165) is 12.8 Å². The number of aryl methyl sites for hydroxylation is 1. The molecule has 0 spiro atoms. The molecule has 3 heterocycles. The number of hydrogen-bond acceptors (Lipinski definition) is 6. The molecule has 1 N–H and O–H groups in total. The van der Waals surface area contributed by atoms with Crippen LogP contribution in [0.25, 0.3) is 0 Å². The van der Waals surface area contributed by atoms with E-state index in [1.165, 1.54) is 0 Å². The van der Waals surface area contributed by atoms with E-state index in [9.17, 15) is 9.59 Å². The summed E-state index contributed by atoms with van der Waals surface area (Å²) in [4.78, 5) is 30.9. The fourth-order valence-electron chi connectivity index (χ4n) is 3.28. The van der Waals surface area contributed by atoms with Crippen LogP contribution in [0.4, 0.5) is 5.69 Å². The summed E-state index contributed by atoms with van der Waals surface area (Å²) in [6.45, 7) is 3.99. The summed E-state index contributed by atoms with van der Waals surface area (Å²) in [5.74, 6) is 1.03. The minimum absolute atomic E-state index is 0.162. The van der Waals surface area contributed by atoms with Gasteiger partial charge in [-0.25, -0.2) is 0 Å². The van der Waals surface area contributed by atoms with Crippen molar-refractivity contribution in [1.29, 1.82) is 0 Å². The Labute approximate surface area is 144 Å². The first kappa shape index (κ1) is 15.6. The zero-order chi connectivity index (χ0) is 17.6. The maximum atomic E-state index is 13.1. The summed E-state index contributed by atoms with van der Waals surface area (Å²) in [7, 11) is 0. The van der Waals surface area contributed by atoms with Crippen LogP contribution in [0.3, 0.4) is 0 Å². The topological polar surface area (TPSA) is 97.6 Å². The van der Waals surface area contributed by atoms with Crippen molar-refractivity contribution >= 4 is 17.5 Å². The Kier molecular flexibility index (Phi) is 3.67. The van der Waals surface area contributed by atoms with Crippen molar-refractivity contribution < 1.29 is 18.8 Å². The van der Waals surface area contributed by atoms with Crippen LogP contribution < -0.4 is 10.1 Å². The van der Waals surface area contributed by atoms with Crippen molar-refractivity contribution in [3.05, 3.63) is 35.5 Å². The third-order valence-corrected chi connectivity index (χ3v) is 4.52. The number of benzene rings is 1. The summed E-state index contributed by atoms with van der Waals surface area (Å²) in [5.41, 5.74) is 0.941. The fraction of sp³-hybridized carbons (Fsp3) is 0.412. The first-order valence-corrected chi connectivity index (χ1v) is 8.26. The number of fused-ring (bicyclic) bond motifs is 1. The average molecular weight is 342 g/mol. The van der Waals surface area contributed by atoms with Gasteiger partial charge in [0.05, 0.1) is 17.3 Å². The predicted octanol–water partition coefficient (Wildman–Crippen LogP) is 2.07. The van der Waals surface area contributed by atoms with Gasteiger partial charge in [-0.15, -0.1) is 0 Å². The summed E-state index contributed by atoms with van der Waals surface area (Å²) < 4.78 is 10.7. The van der Waals surface area contributed by atoms with Crippen molar-refractivity contribution in [2.75, 3.05) is 11.9 Å². The highest BCUT2D eigenvalue weighted by atomic mass is 16.5. The molecule has 130 valence electrons. The van der Waals surface area contributed by atoms with Gasteiger partial charge in [0, 0.05) is 13.5 Å². The molecule has 2 unspecified atom stereocenters. The Morgan fingerprint density at radius 1 is 1.40 bits per heavy atom. The number of carbonyl (C=O) groups excluding carboxylic acids is 2. The van der Waals surface area contributed by atoms with Crippen LogP contribution in [0.2, 0.25) is 0 Å². The molecule has 1 fully saturated rings. The van der Waals surface area contributed by atoms with Gasteiger partial charge in [-0.1, -0.05) is 11.2 Å². The van der Waals surface area contributed by atoms with Crippen LogP contribution in [-0.4, -0.2) is 39.5 Å². The molecule has 0 aliphatic carbocycles. The summed E-state index contributed by atoms with van der Waals surface area (Å²) in [5, 5.41) is 6.73. The van der Waals surface area contributed by atoms with Gasteiger partial charge < -0.3 is 19.5 Å². The molecule has 2 aliphatic heterocycles. The molecule has 8 heteroatoms. The molecular formula is C17H18N4O4. The number of anilines is 1. The molecule has 0 saturated carbocycles. The predicted molar refractivity (Wildman–Crippen MR) is 87.2 cm³/mol. The van der Waals surface area contributed by atoms with Crippen molar-refractivity contribution in [2.45, 2.75) is 38.8 Å². The van der Waals surface area contributed by atoms with E-state index < -0.39 is 6.10 Å². The number of carbonyl (C=O) groups is 2. The Balaban J connectivity index is 1.67. The average Bonchev–Trinajstić information content (AvgIpc) is 3.23. The van der Waals surface area contributed by atoms with Gasteiger partial charge in [-0.2, -0.15) is 4.98 Å². The number of hydrogen-bond donors (Lipinski definition) is 1. The summed E-state index contributed by atoms with van der Waals surface area (Å²) >= 11 is 0. The monoisotopic (exact) mass is 342 g/mol. The molecule has 2 aliphatic rings. The van der Waals surface area contributed by atoms with Gasteiger partial charge in [0.1, 0.15) is 0 Å². The second-order valence-corrected chi connectivity index (χ2v) is 6.26.